The van der Waals surface area contributed by atoms with Crippen molar-refractivity contribution >= 4 is 17.3 Å². The topological polar surface area (TPSA) is 21.3 Å². The summed E-state index contributed by atoms with van der Waals surface area (Å²) in [4.78, 5) is 0. The number of hydrogen-bond acceptors (Lipinski definition) is 2. The lowest BCUT2D eigenvalue weighted by atomic mass is 10.1. The van der Waals surface area contributed by atoms with Gasteiger partial charge in [0, 0.05) is 22.8 Å². The van der Waals surface area contributed by atoms with E-state index in [1.54, 1.807) is 18.2 Å². The molecular formula is C21H19ClFNO. The molecular weight excluding hydrogens is 337 g/mol. The third-order valence-electron chi connectivity index (χ3n) is 4.03. The summed E-state index contributed by atoms with van der Waals surface area (Å²) in [5, 5.41) is 4.13. The Kier molecular flexibility index (Phi) is 5.56. The number of nitrogens with one attached hydrogen (secondary N) is 1. The van der Waals surface area contributed by atoms with Gasteiger partial charge in [-0.2, -0.15) is 0 Å². The Hall–Kier alpha value is -2.52. The summed E-state index contributed by atoms with van der Waals surface area (Å²) in [6.07, 6.45) is 0. The fraction of sp³-hybridized carbons (Fsp3) is 0.143. The summed E-state index contributed by atoms with van der Waals surface area (Å²) in [7, 11) is 0. The van der Waals surface area contributed by atoms with E-state index in [1.807, 2.05) is 49.4 Å². The average molecular weight is 356 g/mol. The van der Waals surface area contributed by atoms with Gasteiger partial charge in [-0.15, -0.1) is 0 Å². The largest absolute Gasteiger partial charge is 0.489 e. The normalized spacial score (nSPS) is 10.5. The van der Waals surface area contributed by atoms with Crippen molar-refractivity contribution in [2.45, 2.75) is 20.1 Å². The number of halogens is 2. The van der Waals surface area contributed by atoms with Crippen molar-refractivity contribution in [3.8, 4) is 5.75 Å². The van der Waals surface area contributed by atoms with Gasteiger partial charge in [-0.05, 0) is 48.4 Å². The second kappa shape index (κ2) is 8.04. The lowest BCUT2D eigenvalue weighted by Crippen LogP contribution is -2.02. The Morgan fingerprint density at radius 3 is 2.48 bits per heavy atom. The minimum absolute atomic E-state index is 0.214. The van der Waals surface area contributed by atoms with Crippen molar-refractivity contribution < 1.29 is 9.13 Å². The maximum atomic E-state index is 13.6. The molecule has 0 aliphatic rings. The molecule has 0 aromatic heterocycles. The third-order valence-corrected chi connectivity index (χ3v) is 4.44. The van der Waals surface area contributed by atoms with Crippen LogP contribution in [0.5, 0.6) is 5.75 Å². The second-order valence-corrected chi connectivity index (χ2v) is 6.20. The first-order valence-corrected chi connectivity index (χ1v) is 8.45. The van der Waals surface area contributed by atoms with Gasteiger partial charge in [-0.25, -0.2) is 4.39 Å². The number of rotatable bonds is 6. The van der Waals surface area contributed by atoms with Crippen LogP contribution in [0.15, 0.2) is 66.7 Å². The molecule has 0 unspecified atom stereocenters. The van der Waals surface area contributed by atoms with E-state index in [0.717, 1.165) is 21.8 Å². The van der Waals surface area contributed by atoms with Crippen LogP contribution in [0.1, 0.15) is 16.7 Å². The minimum atomic E-state index is -0.250. The molecule has 0 aliphatic heterocycles. The zero-order chi connectivity index (χ0) is 17.6. The van der Waals surface area contributed by atoms with Crippen molar-refractivity contribution in [1.82, 2.24) is 0 Å². The fourth-order valence-corrected chi connectivity index (χ4v) is 2.65. The first kappa shape index (κ1) is 17.3. The van der Waals surface area contributed by atoms with Gasteiger partial charge < -0.3 is 10.1 Å². The molecule has 128 valence electrons. The van der Waals surface area contributed by atoms with Gasteiger partial charge in [-0.3, -0.25) is 0 Å². The van der Waals surface area contributed by atoms with Crippen molar-refractivity contribution in [3.05, 3.63) is 94.3 Å². The maximum absolute atomic E-state index is 13.6. The van der Waals surface area contributed by atoms with Crippen molar-refractivity contribution in [2.24, 2.45) is 0 Å². The highest BCUT2D eigenvalue weighted by Crippen LogP contribution is 2.23. The number of hydrogen-bond donors (Lipinski definition) is 1. The van der Waals surface area contributed by atoms with Crippen LogP contribution in [0.25, 0.3) is 0 Å². The predicted octanol–water partition coefficient (Wildman–Crippen LogP) is 5.98. The van der Waals surface area contributed by atoms with Gasteiger partial charge in [-0.1, -0.05) is 48.0 Å². The molecule has 0 heterocycles. The summed E-state index contributed by atoms with van der Waals surface area (Å²) in [5.74, 6) is 0.464. The summed E-state index contributed by atoms with van der Waals surface area (Å²) in [6, 6.07) is 20.2. The number of ether oxygens (including phenoxy) is 1. The smallest absolute Gasteiger partial charge is 0.129 e. The summed E-state index contributed by atoms with van der Waals surface area (Å²) < 4.78 is 19.2. The van der Waals surface area contributed by atoms with Gasteiger partial charge in [0.05, 0.1) is 0 Å². The molecule has 2 nitrogen and oxygen atoms in total. The quantitative estimate of drug-likeness (QED) is 0.587. The van der Waals surface area contributed by atoms with Crippen molar-refractivity contribution in [2.75, 3.05) is 5.32 Å². The molecule has 25 heavy (non-hydrogen) atoms. The highest BCUT2D eigenvalue weighted by atomic mass is 35.5. The Morgan fingerprint density at radius 2 is 1.72 bits per heavy atom. The van der Waals surface area contributed by atoms with E-state index in [-0.39, 0.29) is 12.4 Å². The van der Waals surface area contributed by atoms with Gasteiger partial charge in [0.2, 0.25) is 0 Å². The first-order valence-electron chi connectivity index (χ1n) is 8.07. The summed E-state index contributed by atoms with van der Waals surface area (Å²) in [6.45, 7) is 2.89. The zero-order valence-electron chi connectivity index (χ0n) is 13.9. The van der Waals surface area contributed by atoms with Crippen LogP contribution in [0.2, 0.25) is 5.02 Å². The Morgan fingerprint density at radius 1 is 0.960 bits per heavy atom. The Balaban J connectivity index is 1.57. The third kappa shape index (κ3) is 4.52. The van der Waals surface area contributed by atoms with E-state index in [1.165, 1.54) is 6.07 Å². The van der Waals surface area contributed by atoms with E-state index in [2.05, 4.69) is 5.32 Å². The molecule has 0 amide bonds. The molecule has 4 heteroatoms. The van der Waals surface area contributed by atoms with E-state index in [0.29, 0.717) is 17.9 Å². The Bertz CT molecular complexity index is 849. The summed E-state index contributed by atoms with van der Waals surface area (Å²) in [5.41, 5.74) is 3.73. The molecule has 0 aliphatic carbocycles. The molecule has 3 aromatic rings. The fourth-order valence-electron chi connectivity index (χ4n) is 2.48. The van der Waals surface area contributed by atoms with E-state index in [4.69, 9.17) is 16.3 Å². The standard InChI is InChI=1S/C21H19ClFNO/c1-15-19(22)6-4-8-21(15)24-13-16-9-11-18(12-10-16)25-14-17-5-2-3-7-20(17)23/h2-12,24H,13-14H2,1H3. The lowest BCUT2D eigenvalue weighted by molar-refractivity contribution is 0.300. The molecule has 0 saturated carbocycles. The molecule has 0 bridgehead atoms. The van der Waals surface area contributed by atoms with E-state index >= 15 is 0 Å². The molecule has 0 atom stereocenters. The highest BCUT2D eigenvalue weighted by molar-refractivity contribution is 6.31. The molecule has 1 N–H and O–H groups in total. The van der Waals surface area contributed by atoms with Crippen LogP contribution in [0, 0.1) is 12.7 Å². The van der Waals surface area contributed by atoms with Crippen LogP contribution >= 0.6 is 11.6 Å². The first-order chi connectivity index (χ1) is 12.1. The average Bonchev–Trinajstić information content (AvgIpc) is 2.63. The monoisotopic (exact) mass is 355 g/mol. The molecule has 0 saturated heterocycles. The van der Waals surface area contributed by atoms with E-state index < -0.39 is 0 Å². The van der Waals surface area contributed by atoms with Gasteiger partial charge >= 0.3 is 0 Å². The molecule has 0 radical (unpaired) electrons. The second-order valence-electron chi connectivity index (χ2n) is 5.79. The lowest BCUT2D eigenvalue weighted by Gasteiger charge is -2.11. The predicted molar refractivity (Wildman–Crippen MR) is 101 cm³/mol. The van der Waals surface area contributed by atoms with Gasteiger partial charge in [0.25, 0.3) is 0 Å². The van der Waals surface area contributed by atoms with Crippen LogP contribution < -0.4 is 10.1 Å². The van der Waals surface area contributed by atoms with Crippen LogP contribution in [0.3, 0.4) is 0 Å². The SMILES string of the molecule is Cc1c(Cl)cccc1NCc1ccc(OCc2ccccc2F)cc1. The van der Waals surface area contributed by atoms with Crippen molar-refractivity contribution in [3.63, 3.8) is 0 Å². The number of benzene rings is 3. The molecule has 3 aromatic carbocycles. The van der Waals surface area contributed by atoms with Crippen LogP contribution in [-0.4, -0.2) is 0 Å². The Labute approximate surface area is 152 Å². The maximum Gasteiger partial charge on any atom is 0.129 e. The molecule has 0 fully saturated rings. The minimum Gasteiger partial charge on any atom is -0.489 e. The molecule has 3 rings (SSSR count). The summed E-state index contributed by atoms with van der Waals surface area (Å²) >= 11 is 6.13. The highest BCUT2D eigenvalue weighted by Gasteiger charge is 2.03. The van der Waals surface area contributed by atoms with E-state index in [9.17, 15) is 4.39 Å². The zero-order valence-corrected chi connectivity index (χ0v) is 14.7. The molecule has 0 spiro atoms. The van der Waals surface area contributed by atoms with Crippen LogP contribution in [0.4, 0.5) is 10.1 Å². The number of anilines is 1. The van der Waals surface area contributed by atoms with Crippen molar-refractivity contribution in [1.29, 1.82) is 0 Å². The van der Waals surface area contributed by atoms with Gasteiger partial charge in [0.15, 0.2) is 0 Å². The van der Waals surface area contributed by atoms with Gasteiger partial charge in [0.1, 0.15) is 18.2 Å². The van der Waals surface area contributed by atoms with Crippen LogP contribution in [-0.2, 0) is 13.2 Å².